The molecule has 0 aliphatic rings. The highest BCUT2D eigenvalue weighted by molar-refractivity contribution is 7.26. The van der Waals surface area contributed by atoms with Gasteiger partial charge in [0.25, 0.3) is 0 Å². The van der Waals surface area contributed by atoms with Gasteiger partial charge in [0, 0.05) is 32.2 Å². The molecule has 2 aromatic heterocycles. The number of aryl methyl sites for hydroxylation is 1. The standard InChI is InChI=1S/C52H34N2S/c1-32-13-2-6-18-38(32)49-41-20-8-9-21-42(41)50-43-29-36-15-3-4-16-37(36)30-48(43)55-52(50)44(49)31-47-51(54-46-24-11-10-23-45(46)53-47)35-27-25-34(26-28-35)40-22-12-17-33-14-5-7-19-39(33)40/h2-30H,31H2,1H3. The molecule has 9 aromatic carbocycles. The predicted molar refractivity (Wildman–Crippen MR) is 235 cm³/mol. The van der Waals surface area contributed by atoms with E-state index in [1.165, 1.54) is 85.9 Å². The Balaban J connectivity index is 1.18. The molecule has 0 saturated heterocycles. The second kappa shape index (κ2) is 12.7. The highest BCUT2D eigenvalue weighted by Gasteiger charge is 2.23. The van der Waals surface area contributed by atoms with Gasteiger partial charge in [-0.25, -0.2) is 9.97 Å². The van der Waals surface area contributed by atoms with Gasteiger partial charge in [-0.3, -0.25) is 0 Å². The van der Waals surface area contributed by atoms with E-state index < -0.39 is 0 Å². The molecule has 0 saturated carbocycles. The number of rotatable bonds is 5. The number of aromatic nitrogens is 2. The Hall–Kier alpha value is -6.68. The molecule has 0 aliphatic carbocycles. The first-order valence-electron chi connectivity index (χ1n) is 18.9. The third-order valence-corrected chi connectivity index (χ3v) is 12.5. The molecule has 2 nitrogen and oxygen atoms in total. The number of hydrogen-bond donors (Lipinski definition) is 0. The first kappa shape index (κ1) is 31.8. The fourth-order valence-corrected chi connectivity index (χ4v) is 9.93. The summed E-state index contributed by atoms with van der Waals surface area (Å²) in [5.41, 5.74) is 12.3. The fourth-order valence-electron chi connectivity index (χ4n) is 8.63. The lowest BCUT2D eigenvalue weighted by atomic mass is 9.86. The molecule has 11 aromatic rings. The first-order chi connectivity index (χ1) is 27.2. The van der Waals surface area contributed by atoms with E-state index in [0.717, 1.165) is 28.0 Å². The van der Waals surface area contributed by atoms with Crippen LogP contribution in [0.15, 0.2) is 176 Å². The van der Waals surface area contributed by atoms with E-state index in [0.29, 0.717) is 6.42 Å². The zero-order valence-corrected chi connectivity index (χ0v) is 31.1. The van der Waals surface area contributed by atoms with E-state index in [-0.39, 0.29) is 0 Å². The van der Waals surface area contributed by atoms with Crippen LogP contribution < -0.4 is 0 Å². The van der Waals surface area contributed by atoms with Crippen molar-refractivity contribution < 1.29 is 0 Å². The zero-order valence-electron chi connectivity index (χ0n) is 30.3. The van der Waals surface area contributed by atoms with Crippen LogP contribution in [-0.4, -0.2) is 9.97 Å². The minimum atomic E-state index is 0.635. The van der Waals surface area contributed by atoms with Crippen molar-refractivity contribution in [3.8, 4) is 33.5 Å². The van der Waals surface area contributed by atoms with Crippen molar-refractivity contribution in [2.24, 2.45) is 0 Å². The lowest BCUT2D eigenvalue weighted by Crippen LogP contribution is -2.03. The molecule has 0 spiro atoms. The Labute approximate surface area is 323 Å². The monoisotopic (exact) mass is 718 g/mol. The van der Waals surface area contributed by atoms with Crippen LogP contribution in [-0.2, 0) is 6.42 Å². The van der Waals surface area contributed by atoms with E-state index >= 15 is 0 Å². The summed E-state index contributed by atoms with van der Waals surface area (Å²) in [7, 11) is 0. The van der Waals surface area contributed by atoms with Crippen molar-refractivity contribution in [1.29, 1.82) is 0 Å². The minimum Gasteiger partial charge on any atom is -0.249 e. The van der Waals surface area contributed by atoms with Gasteiger partial charge in [-0.05, 0) is 96.9 Å². The van der Waals surface area contributed by atoms with E-state index in [1.807, 2.05) is 11.3 Å². The molecular formula is C52H34N2S. The number of thiophene rings is 1. The molecule has 0 atom stereocenters. The molecule has 0 unspecified atom stereocenters. The highest BCUT2D eigenvalue weighted by atomic mass is 32.1. The van der Waals surface area contributed by atoms with Gasteiger partial charge in [0.2, 0.25) is 0 Å². The Morgan fingerprint density at radius 3 is 1.87 bits per heavy atom. The van der Waals surface area contributed by atoms with Crippen molar-refractivity contribution in [2.45, 2.75) is 13.3 Å². The summed E-state index contributed by atoms with van der Waals surface area (Å²) in [6.07, 6.45) is 0.635. The van der Waals surface area contributed by atoms with Crippen LogP contribution in [0.5, 0.6) is 0 Å². The van der Waals surface area contributed by atoms with Crippen molar-refractivity contribution in [3.05, 3.63) is 193 Å². The Bertz CT molecular complexity index is 3300. The van der Waals surface area contributed by atoms with Crippen molar-refractivity contribution in [3.63, 3.8) is 0 Å². The summed E-state index contributed by atoms with van der Waals surface area (Å²) in [4.78, 5) is 10.8. The molecule has 11 rings (SSSR count). The van der Waals surface area contributed by atoms with Crippen LogP contribution >= 0.6 is 11.3 Å². The minimum absolute atomic E-state index is 0.635. The molecule has 0 N–H and O–H groups in total. The van der Waals surface area contributed by atoms with Gasteiger partial charge >= 0.3 is 0 Å². The summed E-state index contributed by atoms with van der Waals surface area (Å²) >= 11 is 1.91. The van der Waals surface area contributed by atoms with Crippen LogP contribution in [0.2, 0.25) is 0 Å². The van der Waals surface area contributed by atoms with Crippen LogP contribution in [0.4, 0.5) is 0 Å². The van der Waals surface area contributed by atoms with E-state index in [1.54, 1.807) is 0 Å². The highest BCUT2D eigenvalue weighted by Crippen LogP contribution is 2.48. The predicted octanol–water partition coefficient (Wildman–Crippen LogP) is 14.4. The van der Waals surface area contributed by atoms with E-state index in [9.17, 15) is 0 Å². The van der Waals surface area contributed by atoms with E-state index in [2.05, 4.69) is 183 Å². The summed E-state index contributed by atoms with van der Waals surface area (Å²) in [5.74, 6) is 0. The number of fused-ring (bicyclic) bond motifs is 8. The molecule has 55 heavy (non-hydrogen) atoms. The third kappa shape index (κ3) is 5.23. The maximum Gasteiger partial charge on any atom is 0.0928 e. The Morgan fingerprint density at radius 2 is 1.07 bits per heavy atom. The summed E-state index contributed by atoms with van der Waals surface area (Å²) in [5, 5.41) is 10.2. The average Bonchev–Trinajstić information content (AvgIpc) is 3.61. The summed E-state index contributed by atoms with van der Waals surface area (Å²) in [6, 6.07) is 63.6. The third-order valence-electron chi connectivity index (χ3n) is 11.3. The maximum absolute atomic E-state index is 5.45. The summed E-state index contributed by atoms with van der Waals surface area (Å²) in [6.45, 7) is 2.23. The average molecular weight is 719 g/mol. The normalized spacial score (nSPS) is 11.8. The lowest BCUT2D eigenvalue weighted by molar-refractivity contribution is 1.09. The van der Waals surface area contributed by atoms with Gasteiger partial charge < -0.3 is 0 Å². The number of nitrogens with zero attached hydrogens (tertiary/aromatic N) is 2. The second-order valence-electron chi connectivity index (χ2n) is 14.5. The number of para-hydroxylation sites is 2. The van der Waals surface area contributed by atoms with Gasteiger partial charge in [0.05, 0.1) is 22.4 Å². The van der Waals surface area contributed by atoms with Crippen LogP contribution in [0.1, 0.15) is 16.8 Å². The SMILES string of the molecule is Cc1ccccc1-c1c(Cc2nc3ccccc3nc2-c2ccc(-c3cccc4ccccc34)cc2)c2sc3cc4ccccc4cc3c2c2ccccc12. The van der Waals surface area contributed by atoms with Gasteiger partial charge in [-0.15, -0.1) is 11.3 Å². The fraction of sp³-hybridized carbons (Fsp3) is 0.0385. The molecule has 0 amide bonds. The smallest absolute Gasteiger partial charge is 0.0928 e. The molecule has 0 radical (unpaired) electrons. The van der Waals surface area contributed by atoms with Gasteiger partial charge in [-0.2, -0.15) is 0 Å². The van der Waals surface area contributed by atoms with Crippen molar-refractivity contribution in [2.75, 3.05) is 0 Å². The quantitative estimate of drug-likeness (QED) is 0.177. The molecule has 0 fully saturated rings. The molecule has 0 bridgehead atoms. The van der Waals surface area contributed by atoms with Gasteiger partial charge in [0.15, 0.2) is 0 Å². The summed E-state index contributed by atoms with van der Waals surface area (Å²) < 4.78 is 2.62. The van der Waals surface area contributed by atoms with Crippen LogP contribution in [0.3, 0.4) is 0 Å². The lowest BCUT2D eigenvalue weighted by Gasteiger charge is -2.19. The van der Waals surface area contributed by atoms with Crippen LogP contribution in [0, 0.1) is 6.92 Å². The maximum atomic E-state index is 5.45. The molecule has 3 heteroatoms. The van der Waals surface area contributed by atoms with Gasteiger partial charge in [-0.1, -0.05) is 152 Å². The van der Waals surface area contributed by atoms with Crippen LogP contribution in [0.25, 0.3) is 97.0 Å². The Kier molecular flexibility index (Phi) is 7.36. The second-order valence-corrected chi connectivity index (χ2v) is 15.6. The van der Waals surface area contributed by atoms with E-state index in [4.69, 9.17) is 9.97 Å². The molecule has 258 valence electrons. The number of hydrogen-bond acceptors (Lipinski definition) is 3. The largest absolute Gasteiger partial charge is 0.249 e. The van der Waals surface area contributed by atoms with Gasteiger partial charge in [0.1, 0.15) is 0 Å². The number of benzene rings is 9. The van der Waals surface area contributed by atoms with Crippen molar-refractivity contribution in [1.82, 2.24) is 9.97 Å². The Morgan fingerprint density at radius 1 is 0.473 bits per heavy atom. The van der Waals surface area contributed by atoms with Crippen molar-refractivity contribution >= 4 is 74.9 Å². The molecule has 0 aliphatic heterocycles. The zero-order chi connectivity index (χ0) is 36.5. The molecule has 2 heterocycles. The topological polar surface area (TPSA) is 25.8 Å². The first-order valence-corrected chi connectivity index (χ1v) is 19.7. The molecular weight excluding hydrogens is 685 g/mol.